The molecule has 1 fully saturated rings. The maximum Gasteiger partial charge on any atom is 0.306 e. The Labute approximate surface area is 149 Å². The topological polar surface area (TPSA) is 55.4 Å². The Morgan fingerprint density at radius 1 is 1.38 bits per heavy atom. The van der Waals surface area contributed by atoms with E-state index >= 15 is 0 Å². The van der Waals surface area contributed by atoms with E-state index in [1.54, 1.807) is 19.1 Å². The van der Waals surface area contributed by atoms with Gasteiger partial charge in [0.25, 0.3) is 5.91 Å². The Morgan fingerprint density at radius 3 is 2.92 bits per heavy atom. The Hall–Kier alpha value is -1.21. The van der Waals surface area contributed by atoms with Crippen molar-refractivity contribution in [2.24, 2.45) is 0 Å². The molecule has 1 aromatic rings. The number of esters is 1. The Morgan fingerprint density at radius 2 is 2.21 bits per heavy atom. The molecule has 1 heterocycles. The molecule has 2 rings (SSSR count). The molecule has 0 unspecified atom stereocenters. The second kappa shape index (κ2) is 9.93. The molecule has 24 heavy (non-hydrogen) atoms. The van der Waals surface area contributed by atoms with Crippen molar-refractivity contribution in [3.63, 3.8) is 0 Å². The van der Waals surface area contributed by atoms with E-state index in [9.17, 15) is 14.0 Å². The monoisotopic (exact) mass is 371 g/mol. The summed E-state index contributed by atoms with van der Waals surface area (Å²) in [6.07, 6.45) is 4.49. The number of aryl methyl sites for hydroxylation is 1. The van der Waals surface area contributed by atoms with Gasteiger partial charge in [0.15, 0.2) is 6.61 Å². The minimum Gasteiger partial charge on any atom is -0.456 e. The number of hydrogen-bond donors (Lipinski definition) is 1. The fraction of sp³-hybridized carbons (Fsp3) is 0.529. The third-order valence-electron chi connectivity index (χ3n) is 3.70. The lowest BCUT2D eigenvalue weighted by Crippen LogP contribution is -2.20. The highest BCUT2D eigenvalue weighted by atomic mass is 33.1. The van der Waals surface area contributed by atoms with Gasteiger partial charge >= 0.3 is 5.97 Å². The summed E-state index contributed by atoms with van der Waals surface area (Å²) in [5.74, 6) is 0.000437. The van der Waals surface area contributed by atoms with Crippen molar-refractivity contribution < 1.29 is 18.7 Å². The van der Waals surface area contributed by atoms with Crippen molar-refractivity contribution in [3.8, 4) is 0 Å². The van der Waals surface area contributed by atoms with E-state index in [4.69, 9.17) is 4.74 Å². The van der Waals surface area contributed by atoms with Gasteiger partial charge in [-0.1, -0.05) is 34.1 Å². The highest BCUT2D eigenvalue weighted by Crippen LogP contribution is 2.39. The average Bonchev–Trinajstić information content (AvgIpc) is 3.06. The number of unbranched alkanes of at least 4 members (excludes halogenated alkanes) is 1. The highest BCUT2D eigenvalue weighted by Gasteiger charge is 2.16. The van der Waals surface area contributed by atoms with Crippen LogP contribution in [0.1, 0.15) is 37.7 Å². The van der Waals surface area contributed by atoms with E-state index in [-0.39, 0.29) is 18.4 Å². The van der Waals surface area contributed by atoms with Crippen molar-refractivity contribution in [2.45, 2.75) is 44.3 Å². The minimum atomic E-state index is -0.467. The minimum absolute atomic E-state index is 0.330. The Kier molecular flexibility index (Phi) is 7.91. The summed E-state index contributed by atoms with van der Waals surface area (Å²) in [4.78, 5) is 23.3. The Balaban J connectivity index is 1.58. The van der Waals surface area contributed by atoms with Gasteiger partial charge in [-0.2, -0.15) is 0 Å². The maximum absolute atomic E-state index is 13.4. The number of rotatable bonds is 8. The van der Waals surface area contributed by atoms with Crippen LogP contribution in [0.25, 0.3) is 0 Å². The number of carbonyl (C=O) groups excluding carboxylic acids is 2. The molecule has 0 aromatic heterocycles. The Bertz CT molecular complexity index is 577. The van der Waals surface area contributed by atoms with Crippen LogP contribution in [-0.4, -0.2) is 29.5 Å². The van der Waals surface area contributed by atoms with Crippen LogP contribution in [0.2, 0.25) is 0 Å². The standard InChI is InChI=1S/C17H22FNO3S2/c1-12-6-7-13(10-15(12)18)19-16(20)11-22-17(21)5-3-2-4-14-8-9-23-24-14/h6-7,10,14H,2-5,8-9,11H2,1H3,(H,19,20)/t14-/m0/s1. The fourth-order valence-corrected chi connectivity index (χ4v) is 5.32. The molecular formula is C17H22FNO3S2. The van der Waals surface area contributed by atoms with Gasteiger partial charge in [-0.15, -0.1) is 0 Å². The zero-order valence-corrected chi connectivity index (χ0v) is 15.3. The van der Waals surface area contributed by atoms with Gasteiger partial charge < -0.3 is 10.1 Å². The molecule has 1 saturated heterocycles. The molecule has 0 bridgehead atoms. The lowest BCUT2D eigenvalue weighted by Gasteiger charge is -2.08. The van der Waals surface area contributed by atoms with E-state index in [1.807, 2.05) is 21.6 Å². The second-order valence-electron chi connectivity index (χ2n) is 5.75. The van der Waals surface area contributed by atoms with Gasteiger partial charge in [-0.05, 0) is 43.9 Å². The van der Waals surface area contributed by atoms with E-state index in [0.29, 0.717) is 22.9 Å². The molecule has 1 aromatic carbocycles. The van der Waals surface area contributed by atoms with Crippen LogP contribution in [0.4, 0.5) is 10.1 Å². The van der Waals surface area contributed by atoms with E-state index in [2.05, 4.69) is 5.32 Å². The van der Waals surface area contributed by atoms with Crippen LogP contribution >= 0.6 is 21.6 Å². The number of carbonyl (C=O) groups is 2. The van der Waals surface area contributed by atoms with Crippen LogP contribution in [0, 0.1) is 12.7 Å². The molecular weight excluding hydrogens is 349 g/mol. The van der Waals surface area contributed by atoms with E-state index < -0.39 is 5.91 Å². The average molecular weight is 371 g/mol. The number of anilines is 1. The third-order valence-corrected chi connectivity index (χ3v) is 6.71. The summed E-state index contributed by atoms with van der Waals surface area (Å²) in [5, 5.41) is 3.22. The zero-order valence-electron chi connectivity index (χ0n) is 13.7. The molecule has 1 N–H and O–H groups in total. The normalized spacial score (nSPS) is 16.8. The first kappa shape index (κ1) is 19.1. The van der Waals surface area contributed by atoms with Crippen molar-refractivity contribution >= 4 is 39.2 Å². The summed E-state index contributed by atoms with van der Waals surface area (Å²) < 4.78 is 18.3. The molecule has 1 aliphatic rings. The zero-order chi connectivity index (χ0) is 17.4. The van der Waals surface area contributed by atoms with Crippen molar-refractivity contribution in [1.29, 1.82) is 0 Å². The number of nitrogens with one attached hydrogen (secondary N) is 1. The summed E-state index contributed by atoms with van der Waals surface area (Å²) in [6, 6.07) is 4.43. The van der Waals surface area contributed by atoms with Crippen LogP contribution in [0.3, 0.4) is 0 Å². The van der Waals surface area contributed by atoms with Crippen LogP contribution in [0.5, 0.6) is 0 Å². The number of benzene rings is 1. The van der Waals surface area contributed by atoms with Gasteiger partial charge in [0.05, 0.1) is 0 Å². The largest absolute Gasteiger partial charge is 0.456 e. The number of halogens is 1. The molecule has 132 valence electrons. The predicted octanol–water partition coefficient (Wildman–Crippen LogP) is 4.33. The van der Waals surface area contributed by atoms with Crippen molar-refractivity contribution in [1.82, 2.24) is 0 Å². The molecule has 0 saturated carbocycles. The maximum atomic E-state index is 13.4. The third kappa shape index (κ3) is 6.73. The van der Waals surface area contributed by atoms with Crippen molar-refractivity contribution in [2.75, 3.05) is 17.7 Å². The van der Waals surface area contributed by atoms with Crippen LogP contribution in [-0.2, 0) is 14.3 Å². The van der Waals surface area contributed by atoms with Crippen molar-refractivity contribution in [3.05, 3.63) is 29.6 Å². The van der Waals surface area contributed by atoms with Crippen LogP contribution in [0.15, 0.2) is 18.2 Å². The molecule has 0 spiro atoms. The first-order chi connectivity index (χ1) is 11.5. The molecule has 0 radical (unpaired) electrons. The summed E-state index contributed by atoms with van der Waals surface area (Å²) in [6.45, 7) is 1.30. The lowest BCUT2D eigenvalue weighted by molar-refractivity contribution is -0.147. The molecule has 4 nitrogen and oxygen atoms in total. The van der Waals surface area contributed by atoms with Gasteiger partial charge in [0, 0.05) is 23.1 Å². The number of hydrogen-bond acceptors (Lipinski definition) is 5. The van der Waals surface area contributed by atoms with Crippen LogP contribution < -0.4 is 5.32 Å². The van der Waals surface area contributed by atoms with E-state index in [1.165, 1.54) is 18.2 Å². The molecule has 7 heteroatoms. The molecule has 0 aliphatic carbocycles. The summed E-state index contributed by atoms with van der Waals surface area (Å²) in [7, 11) is 3.86. The molecule has 1 amide bonds. The van der Waals surface area contributed by atoms with Gasteiger partial charge in [-0.25, -0.2) is 4.39 Å². The van der Waals surface area contributed by atoms with E-state index in [0.717, 1.165) is 19.3 Å². The molecule has 1 atom stereocenters. The summed E-state index contributed by atoms with van der Waals surface area (Å²) in [5.41, 5.74) is 0.861. The van der Waals surface area contributed by atoms with Gasteiger partial charge in [0.2, 0.25) is 0 Å². The number of ether oxygens (including phenoxy) is 1. The lowest BCUT2D eigenvalue weighted by atomic mass is 10.1. The first-order valence-corrected chi connectivity index (χ1v) is 10.4. The first-order valence-electron chi connectivity index (χ1n) is 8.04. The number of amides is 1. The summed E-state index contributed by atoms with van der Waals surface area (Å²) >= 11 is 0. The quantitative estimate of drug-likeness (QED) is 0.419. The van der Waals surface area contributed by atoms with Gasteiger partial charge in [-0.3, -0.25) is 9.59 Å². The molecule has 1 aliphatic heterocycles. The SMILES string of the molecule is Cc1ccc(NC(=O)COC(=O)CCCC[C@H]2CCSS2)cc1F. The second-order valence-corrected chi connectivity index (χ2v) is 8.54. The fourth-order valence-electron chi connectivity index (χ4n) is 2.29. The predicted molar refractivity (Wildman–Crippen MR) is 97.6 cm³/mol. The highest BCUT2D eigenvalue weighted by molar-refractivity contribution is 8.77. The van der Waals surface area contributed by atoms with Gasteiger partial charge in [0.1, 0.15) is 5.82 Å². The smallest absolute Gasteiger partial charge is 0.306 e.